The number of fused-ring (bicyclic) bond motifs is 3. The Kier molecular flexibility index (Phi) is 5.31. The highest BCUT2D eigenvalue weighted by Gasteiger charge is 2.25. The monoisotopic (exact) mass is 454 g/mol. The fourth-order valence-electron chi connectivity index (χ4n) is 3.88. The fraction of sp³-hybridized carbons (Fsp3) is 0.364. The van der Waals surface area contributed by atoms with E-state index in [9.17, 15) is 4.79 Å². The minimum absolute atomic E-state index is 0.0232. The van der Waals surface area contributed by atoms with Crippen molar-refractivity contribution in [2.45, 2.75) is 50.4 Å². The molecule has 0 radical (unpaired) electrons. The van der Waals surface area contributed by atoms with Crippen molar-refractivity contribution < 1.29 is 9.26 Å². The number of thiophene rings is 1. The van der Waals surface area contributed by atoms with Gasteiger partial charge >= 0.3 is 0 Å². The second-order valence-electron chi connectivity index (χ2n) is 7.44. The Morgan fingerprint density at radius 2 is 2.06 bits per heavy atom. The maximum Gasteiger partial charge on any atom is 0.267 e. The summed E-state index contributed by atoms with van der Waals surface area (Å²) >= 11 is 3.09. The molecule has 0 N–H and O–H groups in total. The molecule has 1 aromatic carbocycles. The molecule has 0 spiro atoms. The first-order valence-corrected chi connectivity index (χ1v) is 12.0. The molecule has 1 unspecified atom stereocenters. The Morgan fingerprint density at radius 3 is 2.77 bits per heavy atom. The number of aromatic nitrogens is 4. The lowest BCUT2D eigenvalue weighted by atomic mass is 10.2. The van der Waals surface area contributed by atoms with Gasteiger partial charge in [0.05, 0.1) is 22.9 Å². The SMILES string of the molecule is CCOc1ccc(-n2c(SC(C)c3nc(C)no3)nc3sc4c(c3c2=O)CCC4)cc1. The van der Waals surface area contributed by atoms with Crippen LogP contribution in [0.15, 0.2) is 38.7 Å². The molecule has 0 fully saturated rings. The highest BCUT2D eigenvalue weighted by Crippen LogP contribution is 2.38. The molecule has 0 amide bonds. The molecular weight excluding hydrogens is 432 g/mol. The van der Waals surface area contributed by atoms with Gasteiger partial charge in [-0.2, -0.15) is 4.98 Å². The molecule has 0 aliphatic heterocycles. The normalized spacial score (nSPS) is 14.2. The molecule has 1 aliphatic carbocycles. The van der Waals surface area contributed by atoms with Crippen molar-refractivity contribution in [2.75, 3.05) is 6.61 Å². The van der Waals surface area contributed by atoms with Gasteiger partial charge in [-0.3, -0.25) is 9.36 Å². The van der Waals surface area contributed by atoms with Crippen LogP contribution in [0.4, 0.5) is 0 Å². The van der Waals surface area contributed by atoms with E-state index >= 15 is 0 Å². The topological polar surface area (TPSA) is 83.0 Å². The quantitative estimate of drug-likeness (QED) is 0.303. The lowest BCUT2D eigenvalue weighted by Crippen LogP contribution is -2.22. The molecule has 7 nitrogen and oxygen atoms in total. The lowest BCUT2D eigenvalue weighted by molar-refractivity contribution is 0.340. The van der Waals surface area contributed by atoms with E-state index in [4.69, 9.17) is 14.2 Å². The van der Waals surface area contributed by atoms with Gasteiger partial charge in [-0.1, -0.05) is 16.9 Å². The summed E-state index contributed by atoms with van der Waals surface area (Å²) in [5, 5.41) is 5.12. The first-order valence-electron chi connectivity index (χ1n) is 10.3. The number of benzene rings is 1. The van der Waals surface area contributed by atoms with E-state index in [1.807, 2.05) is 38.1 Å². The number of nitrogens with zero attached hydrogens (tertiary/aromatic N) is 4. The predicted octanol–water partition coefficient (Wildman–Crippen LogP) is 4.88. The Labute approximate surface area is 187 Å². The van der Waals surface area contributed by atoms with E-state index in [1.165, 1.54) is 22.2 Å². The van der Waals surface area contributed by atoms with Crippen molar-refractivity contribution >= 4 is 33.3 Å². The Morgan fingerprint density at radius 1 is 1.26 bits per heavy atom. The molecule has 5 rings (SSSR count). The zero-order chi connectivity index (χ0) is 21.5. The first-order chi connectivity index (χ1) is 15.0. The fourth-order valence-corrected chi connectivity index (χ4v) is 6.14. The van der Waals surface area contributed by atoms with E-state index in [-0.39, 0.29) is 10.8 Å². The van der Waals surface area contributed by atoms with Gasteiger partial charge in [0.25, 0.3) is 5.56 Å². The van der Waals surface area contributed by atoms with Gasteiger partial charge in [-0.05, 0) is 69.9 Å². The highest BCUT2D eigenvalue weighted by atomic mass is 32.2. The van der Waals surface area contributed by atoms with Crippen molar-refractivity contribution in [1.82, 2.24) is 19.7 Å². The molecule has 0 saturated heterocycles. The third-order valence-corrected chi connectivity index (χ3v) is 7.51. The maximum absolute atomic E-state index is 13.7. The molecule has 4 aromatic rings. The molecule has 3 heterocycles. The lowest BCUT2D eigenvalue weighted by Gasteiger charge is -2.14. The smallest absolute Gasteiger partial charge is 0.267 e. The average molecular weight is 455 g/mol. The molecule has 0 saturated carbocycles. The molecule has 1 atom stereocenters. The minimum atomic E-state index is -0.147. The van der Waals surface area contributed by atoms with Gasteiger partial charge in [0.2, 0.25) is 5.89 Å². The molecule has 31 heavy (non-hydrogen) atoms. The third kappa shape index (κ3) is 3.65. The van der Waals surface area contributed by atoms with Gasteiger partial charge < -0.3 is 9.26 Å². The number of thioether (sulfide) groups is 1. The number of rotatable bonds is 6. The summed E-state index contributed by atoms with van der Waals surface area (Å²) in [4.78, 5) is 25.1. The zero-order valence-electron chi connectivity index (χ0n) is 17.5. The van der Waals surface area contributed by atoms with Crippen molar-refractivity contribution in [3.8, 4) is 11.4 Å². The second-order valence-corrected chi connectivity index (χ2v) is 9.83. The summed E-state index contributed by atoms with van der Waals surface area (Å²) in [7, 11) is 0. The average Bonchev–Trinajstić information content (AvgIpc) is 3.45. The van der Waals surface area contributed by atoms with Crippen LogP contribution < -0.4 is 10.3 Å². The van der Waals surface area contributed by atoms with E-state index in [1.54, 1.807) is 22.8 Å². The molecule has 1 aliphatic rings. The summed E-state index contributed by atoms with van der Waals surface area (Å²) in [6.45, 7) is 6.31. The maximum atomic E-state index is 13.7. The number of hydrogen-bond donors (Lipinski definition) is 0. The standard InChI is InChI=1S/C22H22N4O3S2/c1-4-28-15-10-8-14(9-11-15)26-21(27)18-16-6-5-7-17(16)31-20(18)24-22(26)30-12(2)19-23-13(3)25-29-19/h8-12H,4-7H2,1-3H3. The molecule has 160 valence electrons. The Bertz CT molecular complexity index is 1310. The van der Waals surface area contributed by atoms with Crippen molar-refractivity contribution in [3.05, 3.63) is 56.8 Å². The predicted molar refractivity (Wildman–Crippen MR) is 122 cm³/mol. The molecule has 0 bridgehead atoms. The molecule has 9 heteroatoms. The van der Waals surface area contributed by atoms with Gasteiger partial charge in [0.15, 0.2) is 11.0 Å². The largest absolute Gasteiger partial charge is 0.494 e. The van der Waals surface area contributed by atoms with Crippen LogP contribution in [-0.4, -0.2) is 26.3 Å². The van der Waals surface area contributed by atoms with Crippen LogP contribution in [-0.2, 0) is 12.8 Å². The first kappa shape index (κ1) is 20.3. The molecular formula is C22H22N4O3S2. The Balaban J connectivity index is 1.65. The minimum Gasteiger partial charge on any atom is -0.494 e. The summed E-state index contributed by atoms with van der Waals surface area (Å²) in [5.74, 6) is 1.88. The second kappa shape index (κ2) is 8.12. The van der Waals surface area contributed by atoms with Crippen LogP contribution in [0.5, 0.6) is 5.75 Å². The van der Waals surface area contributed by atoms with Crippen LogP contribution in [0.25, 0.3) is 15.9 Å². The van der Waals surface area contributed by atoms with E-state index in [0.717, 1.165) is 40.9 Å². The van der Waals surface area contributed by atoms with Crippen LogP contribution >= 0.6 is 23.1 Å². The van der Waals surface area contributed by atoms with Gasteiger partial charge in [0, 0.05) is 4.88 Å². The summed E-state index contributed by atoms with van der Waals surface area (Å²) in [5.41, 5.74) is 1.91. The van der Waals surface area contributed by atoms with Crippen LogP contribution in [0.3, 0.4) is 0 Å². The number of aryl methyl sites for hydroxylation is 3. The van der Waals surface area contributed by atoms with Crippen molar-refractivity contribution in [3.63, 3.8) is 0 Å². The Hall–Kier alpha value is -2.65. The van der Waals surface area contributed by atoms with E-state index < -0.39 is 0 Å². The van der Waals surface area contributed by atoms with Crippen LogP contribution in [0.1, 0.15) is 47.7 Å². The van der Waals surface area contributed by atoms with E-state index in [2.05, 4.69) is 10.1 Å². The van der Waals surface area contributed by atoms with Gasteiger partial charge in [-0.25, -0.2) is 4.98 Å². The van der Waals surface area contributed by atoms with Crippen molar-refractivity contribution in [2.24, 2.45) is 0 Å². The summed E-state index contributed by atoms with van der Waals surface area (Å²) in [6.07, 6.45) is 3.07. The molecule has 3 aromatic heterocycles. The van der Waals surface area contributed by atoms with E-state index in [0.29, 0.717) is 23.5 Å². The van der Waals surface area contributed by atoms with Gasteiger partial charge in [-0.15, -0.1) is 11.3 Å². The van der Waals surface area contributed by atoms with Crippen LogP contribution in [0.2, 0.25) is 0 Å². The van der Waals surface area contributed by atoms with Gasteiger partial charge in [0.1, 0.15) is 10.6 Å². The van der Waals surface area contributed by atoms with Crippen molar-refractivity contribution in [1.29, 1.82) is 0 Å². The highest BCUT2D eigenvalue weighted by molar-refractivity contribution is 7.99. The van der Waals surface area contributed by atoms with Crippen LogP contribution in [0, 0.1) is 6.92 Å². The number of ether oxygens (including phenoxy) is 1. The third-order valence-electron chi connectivity index (χ3n) is 5.29. The number of hydrogen-bond acceptors (Lipinski definition) is 8. The zero-order valence-corrected chi connectivity index (χ0v) is 19.2. The summed E-state index contributed by atoms with van der Waals surface area (Å²) < 4.78 is 12.6. The summed E-state index contributed by atoms with van der Waals surface area (Å²) in [6, 6.07) is 7.57.